The van der Waals surface area contributed by atoms with Crippen molar-refractivity contribution < 1.29 is 14.6 Å². The van der Waals surface area contributed by atoms with Crippen molar-refractivity contribution in [3.8, 4) is 0 Å². The average Bonchev–Trinajstić information content (AvgIpc) is 2.63. The summed E-state index contributed by atoms with van der Waals surface area (Å²) in [4.78, 5) is 0. The molecular formula is C24H38O3. The number of hydrogen-bond donors (Lipinski definition) is 1. The lowest BCUT2D eigenvalue weighted by atomic mass is 9.56. The van der Waals surface area contributed by atoms with Gasteiger partial charge in [0.15, 0.2) is 0 Å². The molecule has 2 aliphatic carbocycles. The minimum Gasteiger partial charge on any atom is -0.396 e. The van der Waals surface area contributed by atoms with E-state index in [1.54, 1.807) is 5.57 Å². The van der Waals surface area contributed by atoms with Gasteiger partial charge in [0.05, 0.1) is 24.9 Å². The van der Waals surface area contributed by atoms with Gasteiger partial charge in [-0.3, -0.25) is 0 Å². The second-order valence-electron chi connectivity index (χ2n) is 9.95. The predicted molar refractivity (Wildman–Crippen MR) is 108 cm³/mol. The Morgan fingerprint density at radius 1 is 1.11 bits per heavy atom. The molecule has 0 amide bonds. The molecule has 4 rings (SSSR count). The lowest BCUT2D eigenvalue weighted by molar-refractivity contribution is -0.203. The van der Waals surface area contributed by atoms with Crippen LogP contribution in [0.4, 0.5) is 0 Å². The average molecular weight is 375 g/mol. The van der Waals surface area contributed by atoms with Crippen molar-refractivity contribution in [3.63, 3.8) is 0 Å². The van der Waals surface area contributed by atoms with E-state index in [1.165, 1.54) is 32.1 Å². The van der Waals surface area contributed by atoms with Crippen LogP contribution in [0.3, 0.4) is 0 Å². The molecule has 2 heterocycles. The van der Waals surface area contributed by atoms with Crippen LogP contribution < -0.4 is 0 Å². The van der Waals surface area contributed by atoms with Gasteiger partial charge in [0, 0.05) is 18.4 Å². The van der Waals surface area contributed by atoms with Gasteiger partial charge >= 0.3 is 0 Å². The zero-order chi connectivity index (χ0) is 19.0. The molecule has 0 aromatic heterocycles. The third-order valence-electron chi connectivity index (χ3n) is 8.05. The second-order valence-corrected chi connectivity index (χ2v) is 9.95. The smallest absolute Gasteiger partial charge is 0.0757 e. The normalized spacial score (nSPS) is 44.9. The summed E-state index contributed by atoms with van der Waals surface area (Å²) < 4.78 is 12.6. The monoisotopic (exact) mass is 374 g/mol. The largest absolute Gasteiger partial charge is 0.396 e. The van der Waals surface area contributed by atoms with Gasteiger partial charge in [-0.1, -0.05) is 31.6 Å². The first-order valence-corrected chi connectivity index (χ1v) is 11.3. The highest BCUT2D eigenvalue weighted by Gasteiger charge is 2.53. The topological polar surface area (TPSA) is 38.7 Å². The van der Waals surface area contributed by atoms with Gasteiger partial charge < -0.3 is 14.6 Å². The van der Waals surface area contributed by atoms with Crippen molar-refractivity contribution in [2.45, 2.75) is 83.5 Å². The van der Waals surface area contributed by atoms with Crippen molar-refractivity contribution >= 4 is 0 Å². The molecule has 1 N–H and O–H groups in total. The summed E-state index contributed by atoms with van der Waals surface area (Å²) in [5.74, 6) is 2.71. The van der Waals surface area contributed by atoms with E-state index in [-0.39, 0.29) is 18.1 Å². The van der Waals surface area contributed by atoms with Crippen LogP contribution in [0.25, 0.3) is 0 Å². The molecule has 4 aliphatic rings. The Kier molecular flexibility index (Phi) is 5.83. The Hall–Kier alpha value is -0.640. The van der Waals surface area contributed by atoms with Crippen LogP contribution in [0.5, 0.6) is 0 Å². The van der Waals surface area contributed by atoms with E-state index < -0.39 is 0 Å². The summed E-state index contributed by atoms with van der Waals surface area (Å²) in [5, 5.41) is 9.26. The molecule has 152 valence electrons. The Labute approximate surface area is 165 Å². The minimum absolute atomic E-state index is 0.212. The van der Waals surface area contributed by atoms with Crippen LogP contribution >= 0.6 is 0 Å². The molecule has 3 nitrogen and oxygen atoms in total. The summed E-state index contributed by atoms with van der Waals surface area (Å²) in [5.41, 5.74) is 1.82. The van der Waals surface area contributed by atoms with E-state index in [2.05, 4.69) is 26.5 Å². The molecule has 2 aliphatic heterocycles. The molecular weight excluding hydrogens is 336 g/mol. The number of ether oxygens (including phenoxy) is 2. The third kappa shape index (κ3) is 3.68. The predicted octanol–water partition coefficient (Wildman–Crippen LogP) is 4.90. The molecule has 7 atom stereocenters. The summed E-state index contributed by atoms with van der Waals surface area (Å²) in [6.45, 7) is 10.1. The maximum Gasteiger partial charge on any atom is 0.0757 e. The molecule has 0 bridgehead atoms. The first-order valence-electron chi connectivity index (χ1n) is 11.3. The molecule has 0 radical (unpaired) electrons. The second kappa shape index (κ2) is 8.00. The highest BCUT2D eigenvalue weighted by Crippen LogP contribution is 2.55. The molecule has 27 heavy (non-hydrogen) atoms. The summed E-state index contributed by atoms with van der Waals surface area (Å²) in [6.07, 6.45) is 14.7. The summed E-state index contributed by atoms with van der Waals surface area (Å²) >= 11 is 0. The summed E-state index contributed by atoms with van der Waals surface area (Å²) in [7, 11) is 0. The van der Waals surface area contributed by atoms with Gasteiger partial charge in [-0.15, -0.1) is 6.58 Å². The lowest BCUT2D eigenvalue weighted by Gasteiger charge is -2.56. The van der Waals surface area contributed by atoms with Crippen molar-refractivity contribution in [2.24, 2.45) is 29.1 Å². The number of aliphatic hydroxyl groups is 1. The molecule has 0 aromatic rings. The van der Waals surface area contributed by atoms with Gasteiger partial charge in [0.25, 0.3) is 0 Å². The lowest BCUT2D eigenvalue weighted by Crippen LogP contribution is -2.56. The number of hydrogen-bond acceptors (Lipinski definition) is 3. The quantitative estimate of drug-likeness (QED) is 0.562. The minimum atomic E-state index is 0.212. The maximum absolute atomic E-state index is 9.26. The standard InChI is InChI=1S/C24H38O3/c1-4-16-8-9-19-21(7-5-6-14-25)24(2,3)13-12-17-18(23(19)27-16)10-11-22-20(17)15-26-22/h4,7,16-20,22-23,25H,1,5-6,8-15H2,2-3H3. The zero-order valence-electron chi connectivity index (χ0n) is 17.2. The van der Waals surface area contributed by atoms with Gasteiger partial charge in [-0.2, -0.15) is 0 Å². The zero-order valence-corrected chi connectivity index (χ0v) is 17.2. The van der Waals surface area contributed by atoms with E-state index in [0.717, 1.165) is 37.7 Å². The molecule has 7 unspecified atom stereocenters. The van der Waals surface area contributed by atoms with Crippen LogP contribution in [-0.4, -0.2) is 36.6 Å². The van der Waals surface area contributed by atoms with E-state index in [1.807, 2.05) is 6.08 Å². The maximum atomic E-state index is 9.26. The van der Waals surface area contributed by atoms with Gasteiger partial charge in [0.1, 0.15) is 0 Å². The van der Waals surface area contributed by atoms with Crippen molar-refractivity contribution in [2.75, 3.05) is 13.2 Å². The Morgan fingerprint density at radius 3 is 2.67 bits per heavy atom. The van der Waals surface area contributed by atoms with Crippen LogP contribution in [-0.2, 0) is 9.47 Å². The Balaban J connectivity index is 1.66. The SMILES string of the molecule is C=CC1CCC2C(=CCCCO)C(C)(C)CCC3C4COC4CCC3C2O1. The number of rotatable bonds is 4. The van der Waals surface area contributed by atoms with Crippen molar-refractivity contribution in [1.82, 2.24) is 0 Å². The van der Waals surface area contributed by atoms with Crippen molar-refractivity contribution in [3.05, 3.63) is 24.3 Å². The number of unbranched alkanes of at least 4 members (excludes halogenated alkanes) is 1. The number of aliphatic hydroxyl groups excluding tert-OH is 1. The molecule has 4 fully saturated rings. The number of allylic oxidation sites excluding steroid dienone is 1. The molecule has 0 spiro atoms. The fraction of sp³-hybridized carbons (Fsp3) is 0.833. The Bertz CT molecular complexity index is 566. The van der Waals surface area contributed by atoms with Gasteiger partial charge in [0.2, 0.25) is 0 Å². The first-order chi connectivity index (χ1) is 13.0. The molecule has 3 heteroatoms. The molecule has 0 aromatic carbocycles. The van der Waals surface area contributed by atoms with E-state index in [0.29, 0.717) is 24.0 Å². The highest BCUT2D eigenvalue weighted by molar-refractivity contribution is 5.21. The van der Waals surface area contributed by atoms with E-state index in [4.69, 9.17) is 9.47 Å². The van der Waals surface area contributed by atoms with Gasteiger partial charge in [-0.25, -0.2) is 0 Å². The molecule has 2 saturated carbocycles. The third-order valence-corrected chi connectivity index (χ3v) is 8.05. The molecule has 2 saturated heterocycles. The summed E-state index contributed by atoms with van der Waals surface area (Å²) in [6, 6.07) is 0. The van der Waals surface area contributed by atoms with Crippen LogP contribution in [0.2, 0.25) is 0 Å². The van der Waals surface area contributed by atoms with Crippen molar-refractivity contribution in [1.29, 1.82) is 0 Å². The first kappa shape index (κ1) is 19.7. The van der Waals surface area contributed by atoms with Gasteiger partial charge in [-0.05, 0) is 68.6 Å². The van der Waals surface area contributed by atoms with E-state index in [9.17, 15) is 5.11 Å². The fourth-order valence-electron chi connectivity index (χ4n) is 6.49. The van der Waals surface area contributed by atoms with Crippen LogP contribution in [0.1, 0.15) is 65.2 Å². The Morgan fingerprint density at radius 2 is 1.96 bits per heavy atom. The highest BCUT2D eigenvalue weighted by atomic mass is 16.5. The number of fused-ring (bicyclic) bond motifs is 5. The van der Waals surface area contributed by atoms with Crippen LogP contribution in [0, 0.1) is 29.1 Å². The van der Waals surface area contributed by atoms with E-state index >= 15 is 0 Å². The van der Waals surface area contributed by atoms with Crippen LogP contribution in [0.15, 0.2) is 24.3 Å². The fourth-order valence-corrected chi connectivity index (χ4v) is 6.49.